The smallest absolute Gasteiger partial charge is 0.313 e. The molecule has 0 bridgehead atoms. The Kier molecular flexibility index (Phi) is 4.54. The Labute approximate surface area is 114 Å². The first-order valence-corrected chi connectivity index (χ1v) is 6.04. The third-order valence-electron chi connectivity index (χ3n) is 2.34. The lowest BCUT2D eigenvalue weighted by Gasteiger charge is -1.97. The number of esters is 1. The SMILES string of the molecule is CCOC(=O)Cc1nc(/N=C/c2ccc(F)cc2)n[nH]1. The summed E-state index contributed by atoms with van der Waals surface area (Å²) < 4.78 is 17.5. The number of ether oxygens (including phenoxy) is 1. The van der Waals surface area contributed by atoms with Crippen molar-refractivity contribution in [1.29, 1.82) is 0 Å². The molecule has 20 heavy (non-hydrogen) atoms. The van der Waals surface area contributed by atoms with E-state index in [0.717, 1.165) is 5.56 Å². The highest BCUT2D eigenvalue weighted by Gasteiger charge is 2.08. The van der Waals surface area contributed by atoms with Crippen LogP contribution in [0.1, 0.15) is 18.3 Å². The molecule has 0 saturated carbocycles. The van der Waals surface area contributed by atoms with Crippen molar-refractivity contribution in [2.24, 2.45) is 4.99 Å². The van der Waals surface area contributed by atoms with Crippen LogP contribution in [-0.2, 0) is 16.0 Å². The maximum Gasteiger partial charge on any atom is 0.313 e. The fourth-order valence-electron chi connectivity index (χ4n) is 1.45. The highest BCUT2D eigenvalue weighted by Crippen LogP contribution is 2.06. The van der Waals surface area contributed by atoms with Crippen molar-refractivity contribution in [2.75, 3.05) is 6.61 Å². The van der Waals surface area contributed by atoms with Crippen molar-refractivity contribution in [3.05, 3.63) is 41.5 Å². The van der Waals surface area contributed by atoms with Gasteiger partial charge in [-0.2, -0.15) is 4.98 Å². The Morgan fingerprint density at radius 2 is 2.20 bits per heavy atom. The molecule has 0 radical (unpaired) electrons. The second kappa shape index (κ2) is 6.55. The van der Waals surface area contributed by atoms with Gasteiger partial charge in [0.25, 0.3) is 5.95 Å². The predicted molar refractivity (Wildman–Crippen MR) is 70.4 cm³/mol. The molecule has 7 heteroatoms. The molecule has 1 heterocycles. The number of benzene rings is 1. The number of aliphatic imine (C=N–C) groups is 1. The molecule has 0 saturated heterocycles. The van der Waals surface area contributed by atoms with Crippen LogP contribution in [0.5, 0.6) is 0 Å². The van der Waals surface area contributed by atoms with E-state index in [-0.39, 0.29) is 24.2 Å². The first-order chi connectivity index (χ1) is 9.67. The molecule has 104 valence electrons. The van der Waals surface area contributed by atoms with Gasteiger partial charge in [0.15, 0.2) is 0 Å². The minimum atomic E-state index is -0.377. The Hall–Kier alpha value is -2.57. The van der Waals surface area contributed by atoms with Crippen molar-refractivity contribution < 1.29 is 13.9 Å². The number of rotatable bonds is 5. The number of aromatic amines is 1. The molecule has 0 aliphatic rings. The van der Waals surface area contributed by atoms with Crippen LogP contribution in [0.25, 0.3) is 0 Å². The maximum atomic E-state index is 12.7. The maximum absolute atomic E-state index is 12.7. The van der Waals surface area contributed by atoms with Crippen molar-refractivity contribution in [1.82, 2.24) is 15.2 Å². The summed E-state index contributed by atoms with van der Waals surface area (Å²) in [5, 5.41) is 6.45. The first kappa shape index (κ1) is 13.9. The highest BCUT2D eigenvalue weighted by atomic mass is 19.1. The van der Waals surface area contributed by atoms with Crippen molar-refractivity contribution in [3.63, 3.8) is 0 Å². The van der Waals surface area contributed by atoms with E-state index in [1.165, 1.54) is 18.3 Å². The molecular formula is C13H13FN4O2. The van der Waals surface area contributed by atoms with E-state index in [0.29, 0.717) is 12.4 Å². The van der Waals surface area contributed by atoms with Crippen LogP contribution < -0.4 is 0 Å². The molecule has 1 aromatic carbocycles. The lowest BCUT2D eigenvalue weighted by Crippen LogP contribution is -2.08. The van der Waals surface area contributed by atoms with Crippen LogP contribution in [0.15, 0.2) is 29.3 Å². The number of carbonyl (C=O) groups excluding carboxylic acids is 1. The molecule has 0 amide bonds. The number of carbonyl (C=O) groups is 1. The van der Waals surface area contributed by atoms with Gasteiger partial charge in [-0.25, -0.2) is 9.38 Å². The molecule has 1 aromatic heterocycles. The number of halogens is 1. The summed E-state index contributed by atoms with van der Waals surface area (Å²) >= 11 is 0. The zero-order chi connectivity index (χ0) is 14.4. The topological polar surface area (TPSA) is 80.2 Å². The van der Waals surface area contributed by atoms with Gasteiger partial charge in [-0.15, -0.1) is 5.10 Å². The van der Waals surface area contributed by atoms with Gasteiger partial charge in [-0.3, -0.25) is 9.89 Å². The summed E-state index contributed by atoms with van der Waals surface area (Å²) in [7, 11) is 0. The van der Waals surface area contributed by atoms with Crippen LogP contribution in [0.2, 0.25) is 0 Å². The van der Waals surface area contributed by atoms with Crippen LogP contribution >= 0.6 is 0 Å². The normalized spacial score (nSPS) is 10.9. The Morgan fingerprint density at radius 3 is 2.90 bits per heavy atom. The number of hydrogen-bond acceptors (Lipinski definition) is 5. The molecule has 6 nitrogen and oxygen atoms in total. The second-order valence-corrected chi connectivity index (χ2v) is 3.87. The van der Waals surface area contributed by atoms with E-state index in [2.05, 4.69) is 20.2 Å². The van der Waals surface area contributed by atoms with Crippen LogP contribution in [0.4, 0.5) is 10.3 Å². The molecule has 0 fully saturated rings. The van der Waals surface area contributed by atoms with E-state index < -0.39 is 0 Å². The molecule has 0 spiro atoms. The molecule has 0 atom stereocenters. The number of aromatic nitrogens is 3. The fourth-order valence-corrected chi connectivity index (χ4v) is 1.45. The van der Waals surface area contributed by atoms with Gasteiger partial charge >= 0.3 is 5.97 Å². The largest absolute Gasteiger partial charge is 0.466 e. The summed E-state index contributed by atoms with van der Waals surface area (Å²) in [6.07, 6.45) is 1.53. The fraction of sp³-hybridized carbons (Fsp3) is 0.231. The number of nitrogens with one attached hydrogen (secondary N) is 1. The van der Waals surface area contributed by atoms with Gasteiger partial charge in [0.1, 0.15) is 18.1 Å². The van der Waals surface area contributed by atoms with Gasteiger partial charge in [-0.1, -0.05) is 12.1 Å². The summed E-state index contributed by atoms with van der Waals surface area (Å²) in [6.45, 7) is 2.05. The van der Waals surface area contributed by atoms with E-state index in [1.54, 1.807) is 19.1 Å². The summed E-state index contributed by atoms with van der Waals surface area (Å²) in [5.74, 6) is -0.0992. The molecular weight excluding hydrogens is 263 g/mol. The van der Waals surface area contributed by atoms with E-state index in [9.17, 15) is 9.18 Å². The van der Waals surface area contributed by atoms with Gasteiger partial charge in [0.05, 0.1) is 6.61 Å². The van der Waals surface area contributed by atoms with Gasteiger partial charge < -0.3 is 4.74 Å². The molecule has 2 rings (SSSR count). The zero-order valence-electron chi connectivity index (χ0n) is 10.8. The average molecular weight is 276 g/mol. The molecule has 2 aromatic rings. The minimum Gasteiger partial charge on any atom is -0.466 e. The molecule has 0 aliphatic carbocycles. The monoisotopic (exact) mass is 276 g/mol. The number of H-pyrrole nitrogens is 1. The average Bonchev–Trinajstić information content (AvgIpc) is 2.86. The summed E-state index contributed by atoms with van der Waals surface area (Å²) in [5.41, 5.74) is 0.725. The third kappa shape index (κ3) is 3.98. The molecule has 1 N–H and O–H groups in total. The Morgan fingerprint density at radius 1 is 1.45 bits per heavy atom. The Balaban J connectivity index is 1.98. The Bertz CT molecular complexity index is 607. The van der Waals surface area contributed by atoms with Crippen LogP contribution in [0, 0.1) is 5.82 Å². The zero-order valence-corrected chi connectivity index (χ0v) is 10.8. The summed E-state index contributed by atoms with van der Waals surface area (Å²) in [4.78, 5) is 19.3. The van der Waals surface area contributed by atoms with Crippen molar-refractivity contribution in [3.8, 4) is 0 Å². The van der Waals surface area contributed by atoms with E-state index in [4.69, 9.17) is 4.74 Å². The minimum absolute atomic E-state index is 0.0207. The standard InChI is InChI=1S/C13H13FN4O2/c1-2-20-12(19)7-11-16-13(18-17-11)15-8-9-3-5-10(14)6-4-9/h3-6,8H,2,7H2,1H3,(H,16,17,18)/b15-8+. The van der Waals surface area contributed by atoms with Crippen LogP contribution in [0.3, 0.4) is 0 Å². The van der Waals surface area contributed by atoms with Crippen molar-refractivity contribution >= 4 is 18.1 Å². The highest BCUT2D eigenvalue weighted by molar-refractivity contribution is 5.81. The van der Waals surface area contributed by atoms with E-state index >= 15 is 0 Å². The van der Waals surface area contributed by atoms with Gasteiger partial charge in [-0.05, 0) is 24.6 Å². The van der Waals surface area contributed by atoms with Gasteiger partial charge in [0.2, 0.25) is 0 Å². The van der Waals surface area contributed by atoms with Crippen molar-refractivity contribution in [2.45, 2.75) is 13.3 Å². The van der Waals surface area contributed by atoms with E-state index in [1.807, 2.05) is 0 Å². The lowest BCUT2D eigenvalue weighted by atomic mass is 10.2. The van der Waals surface area contributed by atoms with Crippen LogP contribution in [-0.4, -0.2) is 34.0 Å². The van der Waals surface area contributed by atoms with Gasteiger partial charge in [0, 0.05) is 6.21 Å². The second-order valence-electron chi connectivity index (χ2n) is 3.87. The molecule has 0 aliphatic heterocycles. The summed E-state index contributed by atoms with van der Waals surface area (Å²) in [6, 6.07) is 5.85. The number of nitrogens with zero attached hydrogens (tertiary/aromatic N) is 3. The lowest BCUT2D eigenvalue weighted by molar-refractivity contribution is -0.142. The predicted octanol–water partition coefficient (Wildman–Crippen LogP) is 1.80. The molecule has 0 unspecified atom stereocenters. The quantitative estimate of drug-likeness (QED) is 0.667. The third-order valence-corrected chi connectivity index (χ3v) is 2.34. The number of hydrogen-bond donors (Lipinski definition) is 1. The first-order valence-electron chi connectivity index (χ1n) is 6.04.